The molecule has 1 rings (SSSR count). The van der Waals surface area contributed by atoms with Crippen LogP contribution in [0.1, 0.15) is 35.3 Å². The second kappa shape index (κ2) is 7.66. The third kappa shape index (κ3) is 4.71. The third-order valence-corrected chi connectivity index (χ3v) is 2.61. The Bertz CT molecular complexity index is 394. The first kappa shape index (κ1) is 14.4. The van der Waals surface area contributed by atoms with Crippen molar-refractivity contribution >= 4 is 11.7 Å². The molecule has 5 heteroatoms. The summed E-state index contributed by atoms with van der Waals surface area (Å²) in [6.45, 7) is 3.37. The molecular weight excluding hydrogens is 232 g/mol. The summed E-state index contributed by atoms with van der Waals surface area (Å²) in [7, 11) is 1.69. The Kier molecular flexibility index (Phi) is 6.14. The largest absolute Gasteiger partial charge is 0.478 e. The summed E-state index contributed by atoms with van der Waals surface area (Å²) in [5, 5.41) is 12.2. The Labute approximate surface area is 107 Å². The van der Waals surface area contributed by atoms with Crippen molar-refractivity contribution in [1.29, 1.82) is 0 Å². The lowest BCUT2D eigenvalue weighted by molar-refractivity contribution is 0.0697. The number of aryl methyl sites for hydroxylation is 1. The van der Waals surface area contributed by atoms with Crippen molar-refractivity contribution < 1.29 is 14.6 Å². The molecule has 18 heavy (non-hydrogen) atoms. The van der Waals surface area contributed by atoms with Crippen molar-refractivity contribution in [3.05, 3.63) is 23.5 Å². The van der Waals surface area contributed by atoms with E-state index in [0.717, 1.165) is 38.1 Å². The van der Waals surface area contributed by atoms with Gasteiger partial charge in [-0.05, 0) is 32.3 Å². The zero-order chi connectivity index (χ0) is 13.4. The van der Waals surface area contributed by atoms with E-state index in [2.05, 4.69) is 10.3 Å². The second-order valence-electron chi connectivity index (χ2n) is 4.16. The van der Waals surface area contributed by atoms with Crippen LogP contribution in [0.15, 0.2) is 12.3 Å². The molecule has 0 bridgehead atoms. The van der Waals surface area contributed by atoms with Gasteiger partial charge in [0.1, 0.15) is 5.56 Å². The van der Waals surface area contributed by atoms with E-state index in [1.54, 1.807) is 13.2 Å². The van der Waals surface area contributed by atoms with Crippen molar-refractivity contribution in [1.82, 2.24) is 4.98 Å². The maximum Gasteiger partial charge on any atom is 0.339 e. The van der Waals surface area contributed by atoms with E-state index in [-0.39, 0.29) is 5.56 Å². The number of hydrogen-bond acceptors (Lipinski definition) is 4. The van der Waals surface area contributed by atoms with Crippen LogP contribution in [0.3, 0.4) is 0 Å². The number of carboxylic acids is 1. The molecule has 0 saturated carbocycles. The Balaban J connectivity index is 2.45. The van der Waals surface area contributed by atoms with Gasteiger partial charge in [0, 0.05) is 32.2 Å². The highest BCUT2D eigenvalue weighted by Crippen LogP contribution is 2.15. The van der Waals surface area contributed by atoms with Gasteiger partial charge in [0.15, 0.2) is 0 Å². The number of aromatic nitrogens is 1. The van der Waals surface area contributed by atoms with Gasteiger partial charge >= 0.3 is 5.97 Å². The summed E-state index contributed by atoms with van der Waals surface area (Å²) in [4.78, 5) is 15.0. The van der Waals surface area contributed by atoms with Gasteiger partial charge < -0.3 is 15.2 Å². The molecular formula is C13H20N2O3. The molecule has 0 atom stereocenters. The first-order chi connectivity index (χ1) is 8.65. The molecule has 0 spiro atoms. The summed E-state index contributed by atoms with van der Waals surface area (Å²) >= 11 is 0. The van der Waals surface area contributed by atoms with Crippen LogP contribution in [0.4, 0.5) is 5.69 Å². The molecule has 0 aromatic carbocycles. The lowest BCUT2D eigenvalue weighted by atomic mass is 10.2. The van der Waals surface area contributed by atoms with Gasteiger partial charge in [-0.1, -0.05) is 0 Å². The van der Waals surface area contributed by atoms with Crippen molar-refractivity contribution in [3.63, 3.8) is 0 Å². The highest BCUT2D eigenvalue weighted by Gasteiger charge is 2.10. The SMILES string of the molecule is COCCCCCNc1cc(C)ncc1C(=O)O. The van der Waals surface area contributed by atoms with Gasteiger partial charge in [0.2, 0.25) is 0 Å². The molecule has 0 aliphatic carbocycles. The second-order valence-corrected chi connectivity index (χ2v) is 4.16. The van der Waals surface area contributed by atoms with Crippen LogP contribution in [0.25, 0.3) is 0 Å². The van der Waals surface area contributed by atoms with Crippen LogP contribution < -0.4 is 5.32 Å². The number of unbranched alkanes of at least 4 members (excludes halogenated alkanes) is 2. The maximum absolute atomic E-state index is 11.0. The highest BCUT2D eigenvalue weighted by molar-refractivity contribution is 5.93. The van der Waals surface area contributed by atoms with E-state index in [9.17, 15) is 4.79 Å². The molecule has 2 N–H and O–H groups in total. The highest BCUT2D eigenvalue weighted by atomic mass is 16.5. The molecule has 0 amide bonds. The molecule has 0 fully saturated rings. The normalized spacial score (nSPS) is 10.3. The lowest BCUT2D eigenvalue weighted by Gasteiger charge is -2.09. The van der Waals surface area contributed by atoms with Crippen LogP contribution in [-0.2, 0) is 4.74 Å². The first-order valence-electron chi connectivity index (χ1n) is 6.08. The van der Waals surface area contributed by atoms with E-state index in [0.29, 0.717) is 5.69 Å². The van der Waals surface area contributed by atoms with Gasteiger partial charge in [-0.15, -0.1) is 0 Å². The molecule has 1 aromatic rings. The van der Waals surface area contributed by atoms with Crippen LogP contribution in [0.5, 0.6) is 0 Å². The van der Waals surface area contributed by atoms with Gasteiger partial charge in [0.25, 0.3) is 0 Å². The smallest absolute Gasteiger partial charge is 0.339 e. The van der Waals surface area contributed by atoms with E-state index >= 15 is 0 Å². The van der Waals surface area contributed by atoms with Crippen LogP contribution in [0.2, 0.25) is 0 Å². The van der Waals surface area contributed by atoms with Gasteiger partial charge in [0.05, 0.1) is 5.69 Å². The fourth-order valence-corrected chi connectivity index (χ4v) is 1.65. The maximum atomic E-state index is 11.0. The molecule has 1 aromatic heterocycles. The Morgan fingerprint density at radius 3 is 2.89 bits per heavy atom. The van der Waals surface area contributed by atoms with Crippen molar-refractivity contribution in [2.24, 2.45) is 0 Å². The van der Waals surface area contributed by atoms with Crippen LogP contribution in [0, 0.1) is 6.92 Å². The minimum absolute atomic E-state index is 0.220. The number of anilines is 1. The Morgan fingerprint density at radius 2 is 2.22 bits per heavy atom. The van der Waals surface area contributed by atoms with Crippen molar-refractivity contribution in [2.75, 3.05) is 25.6 Å². The summed E-state index contributed by atoms with van der Waals surface area (Å²) < 4.78 is 4.97. The summed E-state index contributed by atoms with van der Waals surface area (Å²) in [5.74, 6) is -0.954. The van der Waals surface area contributed by atoms with Gasteiger partial charge in [-0.2, -0.15) is 0 Å². The molecule has 0 radical (unpaired) electrons. The zero-order valence-corrected chi connectivity index (χ0v) is 10.9. The Morgan fingerprint density at radius 1 is 1.44 bits per heavy atom. The molecule has 0 saturated heterocycles. The zero-order valence-electron chi connectivity index (χ0n) is 10.9. The number of rotatable bonds is 8. The fourth-order valence-electron chi connectivity index (χ4n) is 1.65. The van der Waals surface area contributed by atoms with E-state index in [4.69, 9.17) is 9.84 Å². The van der Waals surface area contributed by atoms with E-state index in [1.165, 1.54) is 6.20 Å². The average molecular weight is 252 g/mol. The molecule has 5 nitrogen and oxygen atoms in total. The lowest BCUT2D eigenvalue weighted by Crippen LogP contribution is -2.09. The monoisotopic (exact) mass is 252 g/mol. The standard InChI is InChI=1S/C13H20N2O3/c1-10-8-12(11(9-15-10)13(16)17)14-6-4-3-5-7-18-2/h8-9H,3-7H2,1-2H3,(H,14,15)(H,16,17). The molecule has 0 aliphatic rings. The van der Waals surface area contributed by atoms with Gasteiger partial charge in [-0.3, -0.25) is 4.98 Å². The van der Waals surface area contributed by atoms with E-state index in [1.807, 2.05) is 6.92 Å². The molecule has 1 heterocycles. The van der Waals surface area contributed by atoms with Crippen LogP contribution in [-0.4, -0.2) is 36.3 Å². The number of carboxylic acid groups (broad SMARTS) is 1. The summed E-state index contributed by atoms with van der Waals surface area (Å²) in [5.41, 5.74) is 1.67. The number of methoxy groups -OCH3 is 1. The first-order valence-corrected chi connectivity index (χ1v) is 6.08. The minimum atomic E-state index is -0.954. The number of carbonyl (C=O) groups is 1. The molecule has 100 valence electrons. The molecule has 0 unspecified atom stereocenters. The minimum Gasteiger partial charge on any atom is -0.478 e. The summed E-state index contributed by atoms with van der Waals surface area (Å²) in [6.07, 6.45) is 4.47. The summed E-state index contributed by atoms with van der Waals surface area (Å²) in [6, 6.07) is 1.76. The third-order valence-electron chi connectivity index (χ3n) is 2.61. The van der Waals surface area contributed by atoms with Crippen molar-refractivity contribution in [3.8, 4) is 0 Å². The van der Waals surface area contributed by atoms with E-state index < -0.39 is 5.97 Å². The average Bonchev–Trinajstić information content (AvgIpc) is 2.33. The number of ether oxygens (including phenoxy) is 1. The van der Waals surface area contributed by atoms with Crippen molar-refractivity contribution in [2.45, 2.75) is 26.2 Å². The van der Waals surface area contributed by atoms with Crippen LogP contribution >= 0.6 is 0 Å². The quantitative estimate of drug-likeness (QED) is 0.695. The Hall–Kier alpha value is -1.62. The predicted molar refractivity (Wildman–Crippen MR) is 70.2 cm³/mol. The predicted octanol–water partition coefficient (Wildman–Crippen LogP) is 2.32. The number of pyridine rings is 1. The number of nitrogens with one attached hydrogen (secondary N) is 1. The topological polar surface area (TPSA) is 71.5 Å². The fraction of sp³-hybridized carbons (Fsp3) is 0.538. The number of nitrogens with zero attached hydrogens (tertiary/aromatic N) is 1. The van der Waals surface area contributed by atoms with Gasteiger partial charge in [-0.25, -0.2) is 4.79 Å². The molecule has 0 aliphatic heterocycles. The number of hydrogen-bond donors (Lipinski definition) is 2. The number of aromatic carboxylic acids is 1.